The number of aromatic amines is 1. The van der Waals surface area contributed by atoms with Crippen LogP contribution in [0.2, 0.25) is 0 Å². The lowest BCUT2D eigenvalue weighted by atomic mass is 10.4. The molecular weight excluding hydrogens is 236 g/mol. The highest BCUT2D eigenvalue weighted by Gasteiger charge is 2.33. The zero-order chi connectivity index (χ0) is 11.8. The fourth-order valence-corrected chi connectivity index (χ4v) is 2.56. The maximum atomic E-state index is 11.9. The summed E-state index contributed by atoms with van der Waals surface area (Å²) in [4.78, 5) is 22.1. The number of aromatic nitrogens is 2. The van der Waals surface area contributed by atoms with Crippen LogP contribution < -0.4 is 5.32 Å². The number of piperazine rings is 1. The Morgan fingerprint density at radius 3 is 2.38 bits per heavy atom. The molecule has 2 heterocycles. The van der Waals surface area contributed by atoms with E-state index in [0.717, 1.165) is 4.31 Å². The third-order valence-electron chi connectivity index (χ3n) is 2.01. The van der Waals surface area contributed by atoms with Crippen LogP contribution in [0.25, 0.3) is 0 Å². The molecular formula is C7H8N4O4S. The van der Waals surface area contributed by atoms with Crippen LogP contribution in [0.5, 0.6) is 0 Å². The van der Waals surface area contributed by atoms with Gasteiger partial charge in [-0.3, -0.25) is 20.0 Å². The van der Waals surface area contributed by atoms with Crippen LogP contribution in [-0.2, 0) is 19.6 Å². The van der Waals surface area contributed by atoms with Gasteiger partial charge in [0.15, 0.2) is 5.03 Å². The van der Waals surface area contributed by atoms with Crippen molar-refractivity contribution in [3.63, 3.8) is 0 Å². The van der Waals surface area contributed by atoms with Crippen LogP contribution in [-0.4, -0.2) is 47.8 Å². The number of imide groups is 1. The van der Waals surface area contributed by atoms with Crippen molar-refractivity contribution in [3.05, 3.63) is 12.3 Å². The molecule has 1 aliphatic heterocycles. The minimum absolute atomic E-state index is 0.144. The third kappa shape index (κ3) is 1.82. The zero-order valence-corrected chi connectivity index (χ0v) is 8.82. The van der Waals surface area contributed by atoms with Gasteiger partial charge in [-0.15, -0.1) is 0 Å². The molecule has 9 heteroatoms. The molecule has 0 bridgehead atoms. The first-order valence-corrected chi connectivity index (χ1v) is 5.76. The summed E-state index contributed by atoms with van der Waals surface area (Å²) in [5.41, 5.74) is 0. The molecule has 0 atom stereocenters. The van der Waals surface area contributed by atoms with Gasteiger partial charge in [0.1, 0.15) is 0 Å². The zero-order valence-electron chi connectivity index (χ0n) is 8.00. The fraction of sp³-hybridized carbons (Fsp3) is 0.286. The Hall–Kier alpha value is -1.74. The summed E-state index contributed by atoms with van der Waals surface area (Å²) >= 11 is 0. The molecule has 16 heavy (non-hydrogen) atoms. The molecule has 1 aromatic heterocycles. The van der Waals surface area contributed by atoms with E-state index in [-0.39, 0.29) is 18.1 Å². The molecule has 0 saturated carbocycles. The first-order chi connectivity index (χ1) is 7.50. The van der Waals surface area contributed by atoms with Gasteiger partial charge in [0.2, 0.25) is 11.8 Å². The van der Waals surface area contributed by atoms with Gasteiger partial charge in [-0.05, 0) is 6.07 Å². The van der Waals surface area contributed by atoms with E-state index in [1.807, 2.05) is 5.32 Å². The summed E-state index contributed by atoms with van der Waals surface area (Å²) in [5, 5.41) is 7.66. The lowest BCUT2D eigenvalue weighted by molar-refractivity contribution is -0.134. The topological polar surface area (TPSA) is 112 Å². The van der Waals surface area contributed by atoms with E-state index in [9.17, 15) is 18.0 Å². The van der Waals surface area contributed by atoms with Gasteiger partial charge in [-0.25, -0.2) is 8.42 Å². The number of rotatable bonds is 2. The second kappa shape index (κ2) is 3.68. The van der Waals surface area contributed by atoms with Crippen LogP contribution in [0, 0.1) is 0 Å². The van der Waals surface area contributed by atoms with Crippen molar-refractivity contribution in [1.29, 1.82) is 0 Å². The van der Waals surface area contributed by atoms with E-state index in [1.165, 1.54) is 12.3 Å². The maximum Gasteiger partial charge on any atom is 0.260 e. The fourth-order valence-electron chi connectivity index (χ4n) is 1.31. The highest BCUT2D eigenvalue weighted by atomic mass is 32.2. The second-order valence-electron chi connectivity index (χ2n) is 3.17. The van der Waals surface area contributed by atoms with E-state index in [0.29, 0.717) is 0 Å². The van der Waals surface area contributed by atoms with Crippen molar-refractivity contribution >= 4 is 21.8 Å². The summed E-state index contributed by atoms with van der Waals surface area (Å²) in [6, 6.07) is 1.26. The van der Waals surface area contributed by atoms with Crippen LogP contribution >= 0.6 is 0 Å². The van der Waals surface area contributed by atoms with Crippen molar-refractivity contribution in [3.8, 4) is 0 Å². The standard InChI is InChI=1S/C7H8N4O4S/c12-5-3-11(4-6(13)9-5)16(14,15)7-1-2-8-10-7/h1-2H,3-4H2,(H,8,10)(H,9,12,13). The lowest BCUT2D eigenvalue weighted by Crippen LogP contribution is -2.53. The molecule has 1 aliphatic rings. The summed E-state index contributed by atoms with van der Waals surface area (Å²) in [7, 11) is -3.85. The number of sulfonamides is 1. The number of hydrogen-bond acceptors (Lipinski definition) is 5. The summed E-state index contributed by atoms with van der Waals surface area (Å²) in [5.74, 6) is -1.28. The number of nitrogens with one attached hydrogen (secondary N) is 2. The highest BCUT2D eigenvalue weighted by molar-refractivity contribution is 7.89. The number of hydrogen-bond donors (Lipinski definition) is 2. The molecule has 1 fully saturated rings. The van der Waals surface area contributed by atoms with Crippen LogP contribution in [0.1, 0.15) is 0 Å². The Labute approximate surface area is 90.7 Å². The first-order valence-electron chi connectivity index (χ1n) is 4.32. The quantitative estimate of drug-likeness (QED) is 0.587. The van der Waals surface area contributed by atoms with Crippen molar-refractivity contribution < 1.29 is 18.0 Å². The van der Waals surface area contributed by atoms with E-state index in [1.54, 1.807) is 0 Å². The Balaban J connectivity index is 2.31. The minimum Gasteiger partial charge on any atom is -0.294 e. The smallest absolute Gasteiger partial charge is 0.260 e. The van der Waals surface area contributed by atoms with Crippen molar-refractivity contribution in [2.24, 2.45) is 0 Å². The highest BCUT2D eigenvalue weighted by Crippen LogP contribution is 2.12. The Kier molecular flexibility index (Phi) is 2.48. The number of amides is 2. The molecule has 0 aliphatic carbocycles. The molecule has 2 amide bonds. The Morgan fingerprint density at radius 2 is 1.88 bits per heavy atom. The molecule has 86 valence electrons. The van der Waals surface area contributed by atoms with Gasteiger partial charge in [-0.2, -0.15) is 9.40 Å². The first kappa shape index (κ1) is 10.8. The van der Waals surface area contributed by atoms with Gasteiger partial charge in [0, 0.05) is 0 Å². The number of nitrogens with zero attached hydrogens (tertiary/aromatic N) is 2. The van der Waals surface area contributed by atoms with Crippen LogP contribution in [0.3, 0.4) is 0 Å². The molecule has 0 spiro atoms. The van der Waals surface area contributed by atoms with E-state index in [2.05, 4.69) is 10.2 Å². The molecule has 8 nitrogen and oxygen atoms in total. The minimum atomic E-state index is -3.85. The van der Waals surface area contributed by atoms with Crippen LogP contribution in [0.15, 0.2) is 17.3 Å². The van der Waals surface area contributed by atoms with Gasteiger partial charge in [0.25, 0.3) is 10.0 Å². The number of H-pyrrole nitrogens is 1. The van der Waals surface area contributed by atoms with Crippen molar-refractivity contribution in [2.75, 3.05) is 13.1 Å². The van der Waals surface area contributed by atoms with Gasteiger partial charge in [-0.1, -0.05) is 0 Å². The predicted octanol–water partition coefficient (Wildman–Crippen LogP) is -1.94. The third-order valence-corrected chi connectivity index (χ3v) is 3.73. The Bertz CT molecular complexity index is 505. The molecule has 1 aromatic rings. The van der Waals surface area contributed by atoms with Gasteiger partial charge < -0.3 is 0 Å². The molecule has 0 unspecified atom stereocenters. The van der Waals surface area contributed by atoms with E-state index < -0.39 is 21.8 Å². The molecule has 0 aromatic carbocycles. The molecule has 2 N–H and O–H groups in total. The van der Waals surface area contributed by atoms with Crippen molar-refractivity contribution in [2.45, 2.75) is 5.03 Å². The Morgan fingerprint density at radius 1 is 1.25 bits per heavy atom. The summed E-state index contributed by atoms with van der Waals surface area (Å²) < 4.78 is 24.5. The number of carbonyl (C=O) groups is 2. The summed E-state index contributed by atoms with van der Waals surface area (Å²) in [6.45, 7) is -0.736. The van der Waals surface area contributed by atoms with E-state index in [4.69, 9.17) is 0 Å². The van der Waals surface area contributed by atoms with Gasteiger partial charge in [0.05, 0.1) is 19.3 Å². The van der Waals surface area contributed by atoms with Crippen molar-refractivity contribution in [1.82, 2.24) is 19.8 Å². The SMILES string of the molecule is O=C1CN(S(=O)(=O)c2ccn[nH]2)CC(=O)N1. The normalized spacial score (nSPS) is 18.5. The lowest BCUT2D eigenvalue weighted by Gasteiger charge is -2.23. The van der Waals surface area contributed by atoms with Crippen LogP contribution in [0.4, 0.5) is 0 Å². The largest absolute Gasteiger partial charge is 0.294 e. The summed E-state index contributed by atoms with van der Waals surface area (Å²) in [6.07, 6.45) is 1.28. The molecule has 2 rings (SSSR count). The predicted molar refractivity (Wildman–Crippen MR) is 50.5 cm³/mol. The van der Waals surface area contributed by atoms with E-state index >= 15 is 0 Å². The average molecular weight is 244 g/mol. The monoisotopic (exact) mass is 244 g/mol. The van der Waals surface area contributed by atoms with Gasteiger partial charge >= 0.3 is 0 Å². The molecule has 0 radical (unpaired) electrons. The molecule has 1 saturated heterocycles. The number of carbonyl (C=O) groups excluding carboxylic acids is 2. The second-order valence-corrected chi connectivity index (χ2v) is 5.07. The average Bonchev–Trinajstić information content (AvgIpc) is 2.69. The maximum absolute atomic E-state index is 11.9.